The molecule has 1 saturated heterocycles. The number of carbonyl (C=O) groups excluding carboxylic acids is 1. The van der Waals surface area contributed by atoms with Crippen LogP contribution in [-0.4, -0.2) is 52.9 Å². The number of likely N-dealkylation sites (tertiary alicyclic amines) is 1. The standard InChI is InChI=1S/C12H18N2O4/c1-8(11-3-2-4-18-11)13-12(17)7-14-5-9(15)10(16)6-14/h2-4,8-10,15-16H,5-7H2,1H3,(H,13,17)/t8?,9-,10+. The molecule has 1 unspecified atom stereocenters. The van der Waals surface area contributed by atoms with Crippen LogP contribution in [0.5, 0.6) is 0 Å². The Balaban J connectivity index is 1.79. The van der Waals surface area contributed by atoms with Gasteiger partial charge >= 0.3 is 0 Å². The molecule has 1 fully saturated rings. The van der Waals surface area contributed by atoms with Crippen LogP contribution >= 0.6 is 0 Å². The third-order valence-electron chi connectivity index (χ3n) is 3.05. The van der Waals surface area contributed by atoms with Gasteiger partial charge in [0.2, 0.25) is 5.91 Å². The van der Waals surface area contributed by atoms with Gasteiger partial charge in [-0.3, -0.25) is 9.69 Å². The molecule has 100 valence electrons. The molecule has 18 heavy (non-hydrogen) atoms. The van der Waals surface area contributed by atoms with Crippen molar-refractivity contribution in [3.8, 4) is 0 Å². The fraction of sp³-hybridized carbons (Fsp3) is 0.583. The maximum absolute atomic E-state index is 11.8. The van der Waals surface area contributed by atoms with Crippen molar-refractivity contribution in [2.24, 2.45) is 0 Å². The molecule has 0 saturated carbocycles. The van der Waals surface area contributed by atoms with E-state index in [1.54, 1.807) is 23.3 Å². The highest BCUT2D eigenvalue weighted by atomic mass is 16.3. The second-order valence-electron chi connectivity index (χ2n) is 4.63. The zero-order valence-corrected chi connectivity index (χ0v) is 10.2. The average Bonchev–Trinajstić information content (AvgIpc) is 2.89. The first-order chi connectivity index (χ1) is 8.56. The lowest BCUT2D eigenvalue weighted by Gasteiger charge is -2.16. The van der Waals surface area contributed by atoms with E-state index in [-0.39, 0.29) is 18.5 Å². The van der Waals surface area contributed by atoms with Crippen molar-refractivity contribution in [2.45, 2.75) is 25.2 Å². The number of aliphatic hydroxyl groups is 2. The zero-order valence-electron chi connectivity index (χ0n) is 10.2. The molecular weight excluding hydrogens is 236 g/mol. The number of hydrogen-bond acceptors (Lipinski definition) is 5. The fourth-order valence-corrected chi connectivity index (χ4v) is 2.08. The molecule has 3 atom stereocenters. The lowest BCUT2D eigenvalue weighted by Crippen LogP contribution is -2.37. The summed E-state index contributed by atoms with van der Waals surface area (Å²) in [5.74, 6) is 0.546. The zero-order chi connectivity index (χ0) is 13.1. The predicted octanol–water partition coefficient (Wildman–Crippen LogP) is -0.506. The van der Waals surface area contributed by atoms with Gasteiger partial charge < -0.3 is 19.9 Å². The van der Waals surface area contributed by atoms with Gasteiger partial charge in [0.05, 0.1) is 31.1 Å². The van der Waals surface area contributed by atoms with Crippen molar-refractivity contribution in [2.75, 3.05) is 19.6 Å². The minimum Gasteiger partial charge on any atom is -0.467 e. The highest BCUT2D eigenvalue weighted by Crippen LogP contribution is 2.13. The van der Waals surface area contributed by atoms with E-state index in [9.17, 15) is 15.0 Å². The maximum atomic E-state index is 11.8. The lowest BCUT2D eigenvalue weighted by molar-refractivity contribution is -0.122. The number of hydrogen-bond donors (Lipinski definition) is 3. The van der Waals surface area contributed by atoms with Gasteiger partial charge in [-0.2, -0.15) is 0 Å². The monoisotopic (exact) mass is 254 g/mol. The Bertz CT molecular complexity index is 383. The van der Waals surface area contributed by atoms with Crippen molar-refractivity contribution in [1.82, 2.24) is 10.2 Å². The van der Waals surface area contributed by atoms with Crippen LogP contribution in [0.25, 0.3) is 0 Å². The van der Waals surface area contributed by atoms with Crippen LogP contribution in [-0.2, 0) is 4.79 Å². The van der Waals surface area contributed by atoms with Crippen LogP contribution in [0.2, 0.25) is 0 Å². The topological polar surface area (TPSA) is 85.9 Å². The molecule has 3 N–H and O–H groups in total. The van der Waals surface area contributed by atoms with Crippen LogP contribution in [0.4, 0.5) is 0 Å². The summed E-state index contributed by atoms with van der Waals surface area (Å²) in [5, 5.41) is 21.6. The minimum absolute atomic E-state index is 0.153. The molecule has 1 amide bonds. The first kappa shape index (κ1) is 13.1. The molecule has 0 aromatic carbocycles. The number of carbonyl (C=O) groups is 1. The summed E-state index contributed by atoms with van der Waals surface area (Å²) >= 11 is 0. The van der Waals surface area contributed by atoms with E-state index in [4.69, 9.17) is 4.42 Å². The first-order valence-corrected chi connectivity index (χ1v) is 5.97. The van der Waals surface area contributed by atoms with E-state index < -0.39 is 12.2 Å². The van der Waals surface area contributed by atoms with Gasteiger partial charge in [-0.1, -0.05) is 0 Å². The Morgan fingerprint density at radius 1 is 1.56 bits per heavy atom. The summed E-state index contributed by atoms with van der Waals surface area (Å²) in [7, 11) is 0. The molecule has 0 aliphatic carbocycles. The fourth-order valence-electron chi connectivity index (χ4n) is 2.08. The second kappa shape index (κ2) is 5.51. The lowest BCUT2D eigenvalue weighted by atomic mass is 10.2. The van der Waals surface area contributed by atoms with Gasteiger partial charge in [-0.25, -0.2) is 0 Å². The largest absolute Gasteiger partial charge is 0.467 e. The predicted molar refractivity (Wildman–Crippen MR) is 63.7 cm³/mol. The van der Waals surface area contributed by atoms with E-state index in [1.165, 1.54) is 0 Å². The molecule has 1 aromatic rings. The van der Waals surface area contributed by atoms with Crippen LogP contribution in [0.3, 0.4) is 0 Å². The van der Waals surface area contributed by atoms with Crippen LogP contribution in [0.15, 0.2) is 22.8 Å². The number of amides is 1. The molecule has 2 heterocycles. The Morgan fingerprint density at radius 3 is 2.78 bits per heavy atom. The average molecular weight is 254 g/mol. The molecule has 0 radical (unpaired) electrons. The summed E-state index contributed by atoms with van der Waals surface area (Å²) in [6.45, 7) is 2.65. The Morgan fingerprint density at radius 2 is 2.22 bits per heavy atom. The number of rotatable bonds is 4. The maximum Gasteiger partial charge on any atom is 0.234 e. The van der Waals surface area contributed by atoms with Gasteiger partial charge in [0, 0.05) is 13.1 Å². The van der Waals surface area contributed by atoms with Gasteiger partial charge in [-0.05, 0) is 19.1 Å². The Kier molecular flexibility index (Phi) is 4.00. The molecule has 2 rings (SSSR count). The molecule has 1 aromatic heterocycles. The normalized spacial score (nSPS) is 26.2. The van der Waals surface area contributed by atoms with E-state index in [1.807, 2.05) is 6.92 Å². The smallest absolute Gasteiger partial charge is 0.234 e. The molecular formula is C12H18N2O4. The number of furan rings is 1. The third-order valence-corrected chi connectivity index (χ3v) is 3.05. The summed E-state index contributed by atoms with van der Waals surface area (Å²) in [5.41, 5.74) is 0. The Labute approximate surface area is 105 Å². The Hall–Kier alpha value is -1.37. The summed E-state index contributed by atoms with van der Waals surface area (Å²) in [6.07, 6.45) is 0.0335. The van der Waals surface area contributed by atoms with Crippen LogP contribution < -0.4 is 5.32 Å². The van der Waals surface area contributed by atoms with Crippen molar-refractivity contribution < 1.29 is 19.4 Å². The number of nitrogens with one attached hydrogen (secondary N) is 1. The summed E-state index contributed by atoms with van der Waals surface area (Å²) in [6, 6.07) is 3.38. The van der Waals surface area contributed by atoms with Gasteiger partial charge in [-0.15, -0.1) is 0 Å². The second-order valence-corrected chi connectivity index (χ2v) is 4.63. The minimum atomic E-state index is -0.764. The van der Waals surface area contributed by atoms with E-state index >= 15 is 0 Å². The van der Waals surface area contributed by atoms with Crippen molar-refractivity contribution in [3.63, 3.8) is 0 Å². The summed E-state index contributed by atoms with van der Waals surface area (Å²) < 4.78 is 5.19. The molecule has 1 aliphatic rings. The summed E-state index contributed by atoms with van der Waals surface area (Å²) in [4.78, 5) is 13.5. The first-order valence-electron chi connectivity index (χ1n) is 5.97. The van der Waals surface area contributed by atoms with E-state index in [0.29, 0.717) is 18.8 Å². The van der Waals surface area contributed by atoms with Gasteiger partial charge in [0.15, 0.2) is 0 Å². The van der Waals surface area contributed by atoms with Crippen LogP contribution in [0, 0.1) is 0 Å². The molecule has 1 aliphatic heterocycles. The molecule has 0 bridgehead atoms. The molecule has 6 nitrogen and oxygen atoms in total. The highest BCUT2D eigenvalue weighted by molar-refractivity contribution is 5.78. The number of β-amino-alcohol motifs (C(OH)–C–C–N with tert-alkyl or cyclic N) is 2. The number of aliphatic hydroxyl groups excluding tert-OH is 2. The van der Waals surface area contributed by atoms with E-state index in [0.717, 1.165) is 0 Å². The van der Waals surface area contributed by atoms with Gasteiger partial charge in [0.25, 0.3) is 0 Å². The highest BCUT2D eigenvalue weighted by Gasteiger charge is 2.30. The van der Waals surface area contributed by atoms with Crippen molar-refractivity contribution >= 4 is 5.91 Å². The number of nitrogens with zero attached hydrogens (tertiary/aromatic N) is 1. The molecule has 6 heteroatoms. The molecule has 0 spiro atoms. The van der Waals surface area contributed by atoms with E-state index in [2.05, 4.69) is 5.32 Å². The van der Waals surface area contributed by atoms with Gasteiger partial charge in [0.1, 0.15) is 5.76 Å². The third kappa shape index (κ3) is 3.10. The van der Waals surface area contributed by atoms with Crippen LogP contribution in [0.1, 0.15) is 18.7 Å². The van der Waals surface area contributed by atoms with Crippen molar-refractivity contribution in [3.05, 3.63) is 24.2 Å². The quantitative estimate of drug-likeness (QED) is 0.674. The SMILES string of the molecule is CC(NC(=O)CN1C[C@@H](O)[C@@H](O)C1)c1ccco1. The van der Waals surface area contributed by atoms with Crippen molar-refractivity contribution in [1.29, 1.82) is 0 Å².